The number of hydrogen-bond donors (Lipinski definition) is 1. The molecule has 20 heavy (non-hydrogen) atoms. The van der Waals surface area contributed by atoms with Crippen LogP contribution in [0.1, 0.15) is 24.4 Å². The first kappa shape index (κ1) is 14.1. The highest BCUT2D eigenvalue weighted by molar-refractivity contribution is 7.91. The number of aromatic nitrogens is 2. The fourth-order valence-electron chi connectivity index (χ4n) is 2.24. The summed E-state index contributed by atoms with van der Waals surface area (Å²) in [6.07, 6.45) is 5.20. The molecule has 0 amide bonds. The molecular weight excluding hydrogens is 318 g/mol. The molecule has 0 spiro atoms. The van der Waals surface area contributed by atoms with Gasteiger partial charge in [-0.25, -0.2) is 18.1 Å². The molecule has 3 rings (SSSR count). The van der Waals surface area contributed by atoms with Crippen molar-refractivity contribution in [3.8, 4) is 0 Å². The maximum Gasteiger partial charge on any atom is 0.250 e. The second-order valence-electron chi connectivity index (χ2n) is 4.68. The molecule has 0 fully saturated rings. The Labute approximate surface area is 126 Å². The van der Waals surface area contributed by atoms with Crippen molar-refractivity contribution in [3.05, 3.63) is 34.2 Å². The summed E-state index contributed by atoms with van der Waals surface area (Å²) in [5, 5.41) is 0. The van der Waals surface area contributed by atoms with Gasteiger partial charge < -0.3 is 4.57 Å². The topological polar surface area (TPSA) is 64.0 Å². The molecule has 1 aliphatic heterocycles. The molecule has 2 aromatic heterocycles. The molecule has 3 heterocycles. The van der Waals surface area contributed by atoms with Crippen LogP contribution in [0.2, 0.25) is 4.34 Å². The number of fused-ring (bicyclic) bond motifs is 1. The van der Waals surface area contributed by atoms with Crippen LogP contribution in [0.4, 0.5) is 0 Å². The Morgan fingerprint density at radius 1 is 1.40 bits per heavy atom. The fraction of sp³-hybridized carbons (Fsp3) is 0.417. The molecular formula is C12H14ClN3O2S2. The first-order chi connectivity index (χ1) is 9.54. The Hall–Kier alpha value is -0.890. The van der Waals surface area contributed by atoms with Crippen molar-refractivity contribution >= 4 is 33.0 Å². The molecule has 0 aliphatic carbocycles. The summed E-state index contributed by atoms with van der Waals surface area (Å²) >= 11 is 6.81. The largest absolute Gasteiger partial charge is 0.335 e. The van der Waals surface area contributed by atoms with E-state index in [0.717, 1.165) is 48.7 Å². The lowest BCUT2D eigenvalue weighted by Crippen LogP contribution is -2.22. The number of nitrogens with one attached hydrogen (secondary N) is 1. The zero-order chi connectivity index (χ0) is 14.2. The van der Waals surface area contributed by atoms with Crippen LogP contribution in [0.25, 0.3) is 0 Å². The number of nitrogens with zero attached hydrogens (tertiary/aromatic N) is 2. The minimum Gasteiger partial charge on any atom is -0.335 e. The van der Waals surface area contributed by atoms with Gasteiger partial charge in [-0.2, -0.15) is 0 Å². The van der Waals surface area contributed by atoms with Gasteiger partial charge in [-0.3, -0.25) is 0 Å². The number of hydrogen-bond acceptors (Lipinski definition) is 4. The van der Waals surface area contributed by atoms with Crippen LogP contribution in [0, 0.1) is 0 Å². The lowest BCUT2D eigenvalue weighted by atomic mass is 10.2. The van der Waals surface area contributed by atoms with Crippen molar-refractivity contribution in [1.82, 2.24) is 14.3 Å². The lowest BCUT2D eigenvalue weighted by molar-refractivity contribution is 0.522. The summed E-state index contributed by atoms with van der Waals surface area (Å²) in [6.45, 7) is 1.17. The quantitative estimate of drug-likeness (QED) is 0.935. The molecule has 1 N–H and O–H groups in total. The Bertz CT molecular complexity index is 697. The van der Waals surface area contributed by atoms with Gasteiger partial charge in [0.1, 0.15) is 10.0 Å². The molecule has 108 valence electrons. The SMILES string of the molecule is O=S(=O)(NCc1cn2c(n1)CCCC2)c1ccc(Cl)s1. The third-order valence-electron chi connectivity index (χ3n) is 3.22. The number of thiophene rings is 1. The van der Waals surface area contributed by atoms with E-state index < -0.39 is 10.0 Å². The number of halogens is 1. The molecule has 1 aliphatic rings. The lowest BCUT2D eigenvalue weighted by Gasteiger charge is -2.11. The van der Waals surface area contributed by atoms with Gasteiger partial charge in [0, 0.05) is 19.2 Å². The summed E-state index contributed by atoms with van der Waals surface area (Å²) < 4.78 is 29.5. The van der Waals surface area contributed by atoms with Gasteiger partial charge in [0.2, 0.25) is 10.0 Å². The van der Waals surface area contributed by atoms with Crippen LogP contribution >= 0.6 is 22.9 Å². The Morgan fingerprint density at radius 3 is 2.95 bits per heavy atom. The van der Waals surface area contributed by atoms with E-state index in [1.807, 2.05) is 6.20 Å². The average molecular weight is 332 g/mol. The Balaban J connectivity index is 1.71. The zero-order valence-electron chi connectivity index (χ0n) is 10.7. The first-order valence-corrected chi connectivity index (χ1v) is 9.02. The van der Waals surface area contributed by atoms with Gasteiger partial charge in [-0.1, -0.05) is 11.6 Å². The predicted molar refractivity (Wildman–Crippen MR) is 78.5 cm³/mol. The molecule has 0 aromatic carbocycles. The standard InChI is InChI=1S/C12H14ClN3O2S2/c13-10-4-5-12(19-10)20(17,18)14-7-9-8-16-6-2-1-3-11(16)15-9/h4-5,8,14H,1-3,6-7H2. The van der Waals surface area contributed by atoms with Crippen molar-refractivity contribution in [3.63, 3.8) is 0 Å². The zero-order valence-corrected chi connectivity index (χ0v) is 13.1. The molecule has 0 radical (unpaired) electrons. The van der Waals surface area contributed by atoms with E-state index in [4.69, 9.17) is 11.6 Å². The second kappa shape index (κ2) is 5.48. The van der Waals surface area contributed by atoms with E-state index in [1.54, 1.807) is 6.07 Å². The van der Waals surface area contributed by atoms with Gasteiger partial charge in [-0.15, -0.1) is 11.3 Å². The minimum absolute atomic E-state index is 0.206. The number of sulfonamides is 1. The van der Waals surface area contributed by atoms with Gasteiger partial charge in [0.05, 0.1) is 16.6 Å². The van der Waals surface area contributed by atoms with Crippen molar-refractivity contribution < 1.29 is 8.42 Å². The minimum atomic E-state index is -3.50. The maximum atomic E-state index is 12.1. The van der Waals surface area contributed by atoms with Crippen LogP contribution in [0.5, 0.6) is 0 Å². The highest BCUT2D eigenvalue weighted by Gasteiger charge is 2.18. The van der Waals surface area contributed by atoms with E-state index in [9.17, 15) is 8.42 Å². The number of aryl methyl sites for hydroxylation is 2. The molecule has 8 heteroatoms. The summed E-state index contributed by atoms with van der Waals surface area (Å²) in [7, 11) is -3.50. The van der Waals surface area contributed by atoms with Crippen LogP contribution in [0.15, 0.2) is 22.5 Å². The van der Waals surface area contributed by atoms with Gasteiger partial charge in [0.15, 0.2) is 0 Å². The first-order valence-electron chi connectivity index (χ1n) is 6.34. The summed E-state index contributed by atoms with van der Waals surface area (Å²) in [5.74, 6) is 1.05. The van der Waals surface area contributed by atoms with E-state index in [0.29, 0.717) is 4.34 Å². The Morgan fingerprint density at radius 2 is 2.25 bits per heavy atom. The van der Waals surface area contributed by atoms with Crippen LogP contribution in [-0.4, -0.2) is 18.0 Å². The Kier molecular flexibility index (Phi) is 3.85. The molecule has 2 aromatic rings. The van der Waals surface area contributed by atoms with Gasteiger partial charge in [-0.05, 0) is 25.0 Å². The van der Waals surface area contributed by atoms with Crippen LogP contribution < -0.4 is 4.72 Å². The third-order valence-corrected chi connectivity index (χ3v) is 6.34. The van der Waals surface area contributed by atoms with E-state index in [1.165, 1.54) is 6.07 Å². The van der Waals surface area contributed by atoms with Crippen LogP contribution in [-0.2, 0) is 29.5 Å². The van der Waals surface area contributed by atoms with Crippen molar-refractivity contribution in [2.24, 2.45) is 0 Å². The van der Waals surface area contributed by atoms with Gasteiger partial charge >= 0.3 is 0 Å². The monoisotopic (exact) mass is 331 g/mol. The normalized spacial score (nSPS) is 15.2. The average Bonchev–Trinajstić information content (AvgIpc) is 3.02. The summed E-state index contributed by atoms with van der Waals surface area (Å²) in [5.41, 5.74) is 0.758. The summed E-state index contributed by atoms with van der Waals surface area (Å²) in [6, 6.07) is 3.09. The third kappa shape index (κ3) is 2.90. The fourth-order valence-corrected chi connectivity index (χ4v) is 4.77. The van der Waals surface area contributed by atoms with E-state index in [-0.39, 0.29) is 10.8 Å². The van der Waals surface area contributed by atoms with E-state index in [2.05, 4.69) is 14.3 Å². The van der Waals surface area contributed by atoms with Crippen LogP contribution in [0.3, 0.4) is 0 Å². The highest BCUT2D eigenvalue weighted by Crippen LogP contribution is 2.25. The second-order valence-corrected chi connectivity index (χ2v) is 8.39. The summed E-state index contributed by atoms with van der Waals surface area (Å²) in [4.78, 5) is 4.47. The molecule has 5 nitrogen and oxygen atoms in total. The number of imidazole rings is 1. The molecule has 0 saturated heterocycles. The molecule has 0 saturated carbocycles. The highest BCUT2D eigenvalue weighted by atomic mass is 35.5. The molecule has 0 unspecified atom stereocenters. The number of rotatable bonds is 4. The van der Waals surface area contributed by atoms with E-state index >= 15 is 0 Å². The van der Waals surface area contributed by atoms with Crippen molar-refractivity contribution in [2.75, 3.05) is 0 Å². The van der Waals surface area contributed by atoms with Gasteiger partial charge in [0.25, 0.3) is 0 Å². The molecule has 0 atom stereocenters. The predicted octanol–water partition coefficient (Wildman–Crippen LogP) is 2.41. The van der Waals surface area contributed by atoms with Crippen molar-refractivity contribution in [1.29, 1.82) is 0 Å². The van der Waals surface area contributed by atoms with Crippen molar-refractivity contribution in [2.45, 2.75) is 36.6 Å². The molecule has 0 bridgehead atoms. The smallest absolute Gasteiger partial charge is 0.250 e. The maximum absolute atomic E-state index is 12.1.